The number of pyridine rings is 1. The molecular formula is C16H20N4O2. The lowest BCUT2D eigenvalue weighted by Crippen LogP contribution is -2.38. The molecule has 0 aliphatic carbocycles. The molecule has 116 valence electrons. The molecule has 0 spiro atoms. The van der Waals surface area contributed by atoms with Crippen LogP contribution in [0.25, 0.3) is 11.3 Å². The molecule has 0 aliphatic heterocycles. The van der Waals surface area contributed by atoms with Gasteiger partial charge in [-0.15, -0.1) is 0 Å². The SMILES string of the molecule is CC(C)CNC(=O)C(C)n1nc(-c2ccncc2)ccc1=O. The second-order valence-electron chi connectivity index (χ2n) is 5.55. The van der Waals surface area contributed by atoms with Crippen molar-refractivity contribution in [2.45, 2.75) is 26.8 Å². The summed E-state index contributed by atoms with van der Waals surface area (Å²) in [4.78, 5) is 28.1. The third-order valence-corrected chi connectivity index (χ3v) is 3.23. The first-order chi connectivity index (χ1) is 10.5. The van der Waals surface area contributed by atoms with E-state index in [9.17, 15) is 9.59 Å². The molecule has 0 aliphatic rings. The standard InChI is InChI=1S/C16H20N4O2/c1-11(2)10-18-16(22)12(3)20-15(21)5-4-14(19-20)13-6-8-17-9-7-13/h4-9,11-12H,10H2,1-3H3,(H,18,22). The summed E-state index contributed by atoms with van der Waals surface area (Å²) in [7, 11) is 0. The minimum Gasteiger partial charge on any atom is -0.354 e. The van der Waals surface area contributed by atoms with E-state index in [4.69, 9.17) is 0 Å². The van der Waals surface area contributed by atoms with Gasteiger partial charge in [-0.1, -0.05) is 13.8 Å². The van der Waals surface area contributed by atoms with Crippen LogP contribution in [0.2, 0.25) is 0 Å². The summed E-state index contributed by atoms with van der Waals surface area (Å²) in [6.45, 7) is 6.27. The van der Waals surface area contributed by atoms with Gasteiger partial charge in [0, 0.05) is 30.6 Å². The van der Waals surface area contributed by atoms with E-state index in [-0.39, 0.29) is 11.5 Å². The maximum Gasteiger partial charge on any atom is 0.267 e. The molecule has 0 bridgehead atoms. The van der Waals surface area contributed by atoms with Crippen LogP contribution in [-0.2, 0) is 4.79 Å². The van der Waals surface area contributed by atoms with Gasteiger partial charge < -0.3 is 5.32 Å². The minimum absolute atomic E-state index is 0.213. The molecule has 0 saturated heterocycles. The van der Waals surface area contributed by atoms with Crippen LogP contribution >= 0.6 is 0 Å². The maximum absolute atomic E-state index is 12.1. The van der Waals surface area contributed by atoms with Crippen LogP contribution in [0.15, 0.2) is 41.5 Å². The van der Waals surface area contributed by atoms with Crippen LogP contribution in [0, 0.1) is 5.92 Å². The first-order valence-corrected chi connectivity index (χ1v) is 7.27. The topological polar surface area (TPSA) is 76.9 Å². The lowest BCUT2D eigenvalue weighted by Gasteiger charge is -2.15. The van der Waals surface area contributed by atoms with Gasteiger partial charge in [-0.05, 0) is 31.0 Å². The lowest BCUT2D eigenvalue weighted by molar-refractivity contribution is -0.124. The summed E-state index contributed by atoms with van der Waals surface area (Å²) in [6, 6.07) is 6.02. The average molecular weight is 300 g/mol. The van der Waals surface area contributed by atoms with Crippen molar-refractivity contribution in [3.8, 4) is 11.3 Å². The monoisotopic (exact) mass is 300 g/mol. The third kappa shape index (κ3) is 3.78. The van der Waals surface area contributed by atoms with E-state index >= 15 is 0 Å². The Bertz CT molecular complexity index is 695. The summed E-state index contributed by atoms with van der Waals surface area (Å²) >= 11 is 0. The van der Waals surface area contributed by atoms with Crippen molar-refractivity contribution < 1.29 is 4.79 Å². The Hall–Kier alpha value is -2.50. The molecule has 6 nitrogen and oxygen atoms in total. The highest BCUT2D eigenvalue weighted by molar-refractivity contribution is 5.79. The van der Waals surface area contributed by atoms with Gasteiger partial charge in [-0.2, -0.15) is 5.10 Å². The molecule has 22 heavy (non-hydrogen) atoms. The van der Waals surface area contributed by atoms with Crippen molar-refractivity contribution in [2.75, 3.05) is 6.54 Å². The van der Waals surface area contributed by atoms with E-state index in [2.05, 4.69) is 15.4 Å². The summed E-state index contributed by atoms with van der Waals surface area (Å²) in [5, 5.41) is 7.12. The predicted octanol–water partition coefficient (Wildman–Crippen LogP) is 1.64. The molecule has 0 fully saturated rings. The summed E-state index contributed by atoms with van der Waals surface area (Å²) in [6.07, 6.45) is 3.32. The Balaban J connectivity index is 2.27. The van der Waals surface area contributed by atoms with E-state index < -0.39 is 6.04 Å². The molecular weight excluding hydrogens is 280 g/mol. The third-order valence-electron chi connectivity index (χ3n) is 3.23. The zero-order valence-electron chi connectivity index (χ0n) is 13.0. The van der Waals surface area contributed by atoms with Gasteiger partial charge in [0.2, 0.25) is 5.91 Å². The van der Waals surface area contributed by atoms with Crippen LogP contribution in [0.3, 0.4) is 0 Å². The van der Waals surface area contributed by atoms with Gasteiger partial charge in [0.15, 0.2) is 0 Å². The fourth-order valence-corrected chi connectivity index (χ4v) is 1.94. The zero-order chi connectivity index (χ0) is 16.1. The van der Waals surface area contributed by atoms with Gasteiger partial charge >= 0.3 is 0 Å². The highest BCUT2D eigenvalue weighted by Gasteiger charge is 2.17. The molecule has 0 saturated carbocycles. The first kappa shape index (κ1) is 15.9. The fourth-order valence-electron chi connectivity index (χ4n) is 1.94. The van der Waals surface area contributed by atoms with Crippen LogP contribution in [0.5, 0.6) is 0 Å². The quantitative estimate of drug-likeness (QED) is 0.910. The van der Waals surface area contributed by atoms with E-state index in [1.807, 2.05) is 13.8 Å². The number of nitrogens with one attached hydrogen (secondary N) is 1. The van der Waals surface area contributed by atoms with Crippen molar-refractivity contribution in [1.82, 2.24) is 20.1 Å². The number of hydrogen-bond donors (Lipinski definition) is 1. The van der Waals surface area contributed by atoms with Crippen molar-refractivity contribution >= 4 is 5.91 Å². The number of carbonyl (C=O) groups is 1. The average Bonchev–Trinajstić information content (AvgIpc) is 2.53. The van der Waals surface area contributed by atoms with Crippen LogP contribution in [-0.4, -0.2) is 27.2 Å². The normalized spacial score (nSPS) is 12.2. The Labute approximate surface area is 129 Å². The molecule has 2 aromatic rings. The van der Waals surface area contributed by atoms with Crippen LogP contribution in [0.1, 0.15) is 26.8 Å². The molecule has 0 radical (unpaired) electrons. The number of aromatic nitrogens is 3. The number of nitrogens with zero attached hydrogens (tertiary/aromatic N) is 3. The second-order valence-corrected chi connectivity index (χ2v) is 5.55. The van der Waals surface area contributed by atoms with Gasteiger partial charge in [0.25, 0.3) is 5.56 Å². The van der Waals surface area contributed by atoms with Crippen molar-refractivity contribution in [3.05, 3.63) is 47.0 Å². The van der Waals surface area contributed by atoms with Gasteiger partial charge in [0.05, 0.1) is 5.69 Å². The highest BCUT2D eigenvalue weighted by Crippen LogP contribution is 2.14. The molecule has 1 N–H and O–H groups in total. The molecule has 1 atom stereocenters. The van der Waals surface area contributed by atoms with Gasteiger partial charge in [-0.25, -0.2) is 4.68 Å². The molecule has 1 amide bonds. The molecule has 2 heterocycles. The van der Waals surface area contributed by atoms with E-state index in [0.717, 1.165) is 5.56 Å². The predicted molar refractivity (Wildman–Crippen MR) is 84.3 cm³/mol. The highest BCUT2D eigenvalue weighted by atomic mass is 16.2. The number of carbonyl (C=O) groups excluding carboxylic acids is 1. The number of amides is 1. The van der Waals surface area contributed by atoms with E-state index in [1.54, 1.807) is 37.5 Å². The Morgan fingerprint density at radius 2 is 1.86 bits per heavy atom. The van der Waals surface area contributed by atoms with Gasteiger partial charge in [0.1, 0.15) is 6.04 Å². The van der Waals surface area contributed by atoms with Gasteiger partial charge in [-0.3, -0.25) is 14.6 Å². The smallest absolute Gasteiger partial charge is 0.267 e. The minimum atomic E-state index is -0.659. The molecule has 6 heteroatoms. The summed E-state index contributed by atoms with van der Waals surface area (Å²) < 4.78 is 1.21. The number of hydrogen-bond acceptors (Lipinski definition) is 4. The maximum atomic E-state index is 12.1. The number of rotatable bonds is 5. The van der Waals surface area contributed by atoms with E-state index in [1.165, 1.54) is 10.7 Å². The molecule has 2 aromatic heterocycles. The molecule has 1 unspecified atom stereocenters. The largest absolute Gasteiger partial charge is 0.354 e. The Morgan fingerprint density at radius 3 is 2.50 bits per heavy atom. The van der Waals surface area contributed by atoms with Crippen LogP contribution < -0.4 is 10.9 Å². The van der Waals surface area contributed by atoms with Crippen LogP contribution in [0.4, 0.5) is 0 Å². The van der Waals surface area contributed by atoms with E-state index in [0.29, 0.717) is 18.2 Å². The van der Waals surface area contributed by atoms with Crippen molar-refractivity contribution in [3.63, 3.8) is 0 Å². The Morgan fingerprint density at radius 1 is 1.18 bits per heavy atom. The molecule has 2 rings (SSSR count). The van der Waals surface area contributed by atoms with Crippen molar-refractivity contribution in [1.29, 1.82) is 0 Å². The summed E-state index contributed by atoms with van der Waals surface area (Å²) in [5.41, 5.74) is 1.18. The Kier molecular flexibility index (Phi) is 5.04. The molecule has 0 aromatic carbocycles. The fraction of sp³-hybridized carbons (Fsp3) is 0.375. The van der Waals surface area contributed by atoms with Crippen molar-refractivity contribution in [2.24, 2.45) is 5.92 Å². The second kappa shape index (κ2) is 6.98. The first-order valence-electron chi connectivity index (χ1n) is 7.27. The lowest BCUT2D eigenvalue weighted by atomic mass is 10.2. The summed E-state index contributed by atoms with van der Waals surface area (Å²) in [5.74, 6) is 0.138. The zero-order valence-corrected chi connectivity index (χ0v) is 13.0.